The summed E-state index contributed by atoms with van der Waals surface area (Å²) in [4.78, 5) is 12.3. The fraction of sp³-hybridized carbons (Fsp3) is 0.947. The van der Waals surface area contributed by atoms with Crippen LogP contribution in [-0.2, 0) is 14.3 Å². The van der Waals surface area contributed by atoms with E-state index in [1.54, 1.807) is 0 Å². The van der Waals surface area contributed by atoms with Crippen molar-refractivity contribution in [2.75, 3.05) is 0 Å². The molecule has 0 N–H and O–H groups in total. The Morgan fingerprint density at radius 3 is 2.59 bits per heavy atom. The lowest BCUT2D eigenvalue weighted by atomic mass is 9.44. The molecule has 2 aliphatic heterocycles. The van der Waals surface area contributed by atoms with Gasteiger partial charge in [0.15, 0.2) is 0 Å². The Kier molecular flexibility index (Phi) is 2.25. The SMILES string of the molecule is CC1(C)OC(=O)CC2(C)C1CCC13CC(CCC21)C1(C)OC31. The number of carbonyl (C=O) groups is 1. The van der Waals surface area contributed by atoms with E-state index in [2.05, 4.69) is 27.7 Å². The number of cyclic esters (lactones) is 1. The van der Waals surface area contributed by atoms with Crippen molar-refractivity contribution in [3.8, 4) is 0 Å². The summed E-state index contributed by atoms with van der Waals surface area (Å²) in [6, 6.07) is 0. The van der Waals surface area contributed by atoms with Crippen molar-refractivity contribution in [2.24, 2.45) is 28.6 Å². The fourth-order valence-electron chi connectivity index (χ4n) is 7.83. The summed E-state index contributed by atoms with van der Waals surface area (Å²) in [5.41, 5.74) is 0.313. The van der Waals surface area contributed by atoms with Crippen LogP contribution in [0.2, 0.25) is 0 Å². The minimum Gasteiger partial charge on any atom is -0.459 e. The second-order valence-corrected chi connectivity index (χ2v) is 9.80. The number of ether oxygens (including phenoxy) is 2. The van der Waals surface area contributed by atoms with Gasteiger partial charge in [0.25, 0.3) is 0 Å². The van der Waals surface area contributed by atoms with Gasteiger partial charge in [-0.05, 0) is 70.1 Å². The molecule has 1 spiro atoms. The summed E-state index contributed by atoms with van der Waals surface area (Å²) in [6.07, 6.45) is 7.47. The van der Waals surface area contributed by atoms with Crippen LogP contribution >= 0.6 is 0 Å². The molecule has 2 heterocycles. The highest BCUT2D eigenvalue weighted by Crippen LogP contribution is 2.77. The van der Waals surface area contributed by atoms with Gasteiger partial charge in [0.05, 0.1) is 18.1 Å². The van der Waals surface area contributed by atoms with Crippen LogP contribution in [0.5, 0.6) is 0 Å². The van der Waals surface area contributed by atoms with E-state index < -0.39 is 0 Å². The Morgan fingerprint density at radius 1 is 1.05 bits per heavy atom. The first kappa shape index (κ1) is 13.8. The number of fused-ring (bicyclic) bond motifs is 5. The Morgan fingerprint density at radius 2 is 1.82 bits per heavy atom. The Balaban J connectivity index is 1.60. The first-order chi connectivity index (χ1) is 10.2. The molecule has 2 bridgehead atoms. The van der Waals surface area contributed by atoms with Gasteiger partial charge in [-0.1, -0.05) is 6.92 Å². The van der Waals surface area contributed by atoms with Crippen molar-refractivity contribution >= 4 is 5.97 Å². The second-order valence-electron chi connectivity index (χ2n) is 9.80. The van der Waals surface area contributed by atoms with Crippen molar-refractivity contribution in [2.45, 2.75) is 83.5 Å². The predicted octanol–water partition coefficient (Wildman–Crippen LogP) is 3.70. The summed E-state index contributed by atoms with van der Waals surface area (Å²) in [7, 11) is 0. The first-order valence-electron chi connectivity index (χ1n) is 9.12. The molecule has 3 nitrogen and oxygen atoms in total. The minimum absolute atomic E-state index is 0.0143. The standard InChI is InChI=1S/C19H28O3/c1-16(2)12-7-8-19-9-11(18(4)15(19)22-18)5-6-13(19)17(12,3)10-14(20)21-16/h11-13,15H,5-10H2,1-4H3. The van der Waals surface area contributed by atoms with Crippen LogP contribution in [0.1, 0.15) is 66.2 Å². The maximum Gasteiger partial charge on any atom is 0.306 e. The highest BCUT2D eigenvalue weighted by Gasteiger charge is 2.79. The van der Waals surface area contributed by atoms with E-state index in [9.17, 15) is 4.79 Å². The highest BCUT2D eigenvalue weighted by atomic mass is 16.6. The Hall–Kier alpha value is -0.570. The topological polar surface area (TPSA) is 38.8 Å². The van der Waals surface area contributed by atoms with Gasteiger partial charge < -0.3 is 9.47 Å². The molecule has 5 aliphatic rings. The van der Waals surface area contributed by atoms with Crippen molar-refractivity contribution in [3.63, 3.8) is 0 Å². The number of esters is 1. The third kappa shape index (κ3) is 1.33. The summed E-state index contributed by atoms with van der Waals surface area (Å²) >= 11 is 0. The zero-order valence-corrected chi connectivity index (χ0v) is 14.3. The van der Waals surface area contributed by atoms with E-state index in [4.69, 9.17) is 9.47 Å². The van der Waals surface area contributed by atoms with Crippen LogP contribution in [-0.4, -0.2) is 23.3 Å². The lowest BCUT2D eigenvalue weighted by Crippen LogP contribution is -2.61. The van der Waals surface area contributed by atoms with E-state index in [0.717, 1.165) is 5.92 Å². The third-order valence-electron chi connectivity index (χ3n) is 8.52. The van der Waals surface area contributed by atoms with Gasteiger partial charge in [-0.2, -0.15) is 0 Å². The van der Waals surface area contributed by atoms with E-state index in [1.807, 2.05) is 0 Å². The second kappa shape index (κ2) is 3.58. The minimum atomic E-state index is -0.311. The van der Waals surface area contributed by atoms with Crippen LogP contribution in [0.4, 0.5) is 0 Å². The molecule has 22 heavy (non-hydrogen) atoms. The summed E-state index contributed by atoms with van der Waals surface area (Å²) in [6.45, 7) is 8.99. The van der Waals surface area contributed by atoms with Crippen LogP contribution in [0.15, 0.2) is 0 Å². The van der Waals surface area contributed by atoms with Crippen LogP contribution in [0.25, 0.3) is 0 Å². The van der Waals surface area contributed by atoms with E-state index in [1.165, 1.54) is 32.1 Å². The zero-order chi connectivity index (χ0) is 15.5. The van der Waals surface area contributed by atoms with E-state index in [-0.39, 0.29) is 22.6 Å². The third-order valence-corrected chi connectivity index (χ3v) is 8.52. The quantitative estimate of drug-likeness (QED) is 0.506. The average Bonchev–Trinajstić information content (AvgIpc) is 3.06. The number of epoxide rings is 1. The molecule has 2 saturated heterocycles. The zero-order valence-electron chi connectivity index (χ0n) is 14.3. The molecule has 3 heteroatoms. The van der Waals surface area contributed by atoms with Gasteiger partial charge in [0.2, 0.25) is 0 Å². The number of hydrogen-bond acceptors (Lipinski definition) is 3. The maximum absolute atomic E-state index is 12.3. The first-order valence-corrected chi connectivity index (χ1v) is 9.12. The molecule has 3 saturated carbocycles. The Bertz CT molecular complexity index is 569. The monoisotopic (exact) mass is 304 g/mol. The molecule has 3 aliphatic carbocycles. The number of carbonyl (C=O) groups excluding carboxylic acids is 1. The van der Waals surface area contributed by atoms with E-state index >= 15 is 0 Å². The van der Waals surface area contributed by atoms with Crippen molar-refractivity contribution in [1.29, 1.82) is 0 Å². The molecule has 0 aromatic rings. The summed E-state index contributed by atoms with van der Waals surface area (Å²) in [5.74, 6) is 1.91. The Labute approximate surface area is 133 Å². The van der Waals surface area contributed by atoms with Crippen LogP contribution < -0.4 is 0 Å². The van der Waals surface area contributed by atoms with E-state index in [0.29, 0.717) is 29.8 Å². The summed E-state index contributed by atoms with van der Waals surface area (Å²) in [5, 5.41) is 0. The smallest absolute Gasteiger partial charge is 0.306 e. The van der Waals surface area contributed by atoms with Gasteiger partial charge in [0, 0.05) is 11.3 Å². The normalized spacial score (nSPS) is 60.8. The predicted molar refractivity (Wildman–Crippen MR) is 82.2 cm³/mol. The molecule has 122 valence electrons. The molecule has 7 unspecified atom stereocenters. The lowest BCUT2D eigenvalue weighted by molar-refractivity contribution is -0.221. The number of hydrogen-bond donors (Lipinski definition) is 0. The molecular formula is C19H28O3. The average molecular weight is 304 g/mol. The highest BCUT2D eigenvalue weighted by molar-refractivity contribution is 5.72. The maximum atomic E-state index is 12.3. The van der Waals surface area contributed by atoms with Crippen molar-refractivity contribution in [3.05, 3.63) is 0 Å². The molecule has 0 amide bonds. The van der Waals surface area contributed by atoms with Crippen molar-refractivity contribution in [1.82, 2.24) is 0 Å². The fourth-order valence-corrected chi connectivity index (χ4v) is 7.83. The largest absolute Gasteiger partial charge is 0.459 e. The van der Waals surface area contributed by atoms with Gasteiger partial charge in [-0.15, -0.1) is 0 Å². The molecule has 0 aromatic carbocycles. The van der Waals surface area contributed by atoms with Crippen LogP contribution in [0.3, 0.4) is 0 Å². The van der Waals surface area contributed by atoms with Gasteiger partial charge in [-0.25, -0.2) is 0 Å². The van der Waals surface area contributed by atoms with Crippen LogP contribution in [0, 0.1) is 28.6 Å². The molecule has 0 aromatic heterocycles. The summed E-state index contributed by atoms with van der Waals surface area (Å²) < 4.78 is 12.0. The molecule has 0 radical (unpaired) electrons. The molecular weight excluding hydrogens is 276 g/mol. The molecule has 7 atom stereocenters. The molecule has 5 fully saturated rings. The van der Waals surface area contributed by atoms with Crippen molar-refractivity contribution < 1.29 is 14.3 Å². The lowest BCUT2D eigenvalue weighted by Gasteiger charge is -2.62. The molecule has 5 rings (SSSR count). The van der Waals surface area contributed by atoms with Gasteiger partial charge >= 0.3 is 5.97 Å². The van der Waals surface area contributed by atoms with Gasteiger partial charge in [-0.3, -0.25) is 4.79 Å². The number of rotatable bonds is 0. The van der Waals surface area contributed by atoms with Gasteiger partial charge in [0.1, 0.15) is 5.60 Å².